The average molecular weight is 479 g/mol. The number of alkyl halides is 3. The summed E-state index contributed by atoms with van der Waals surface area (Å²) < 4.78 is 45.2. The second-order valence-corrected chi connectivity index (χ2v) is 6.45. The molecule has 0 aliphatic rings. The molecule has 2 aromatic rings. The van der Waals surface area contributed by atoms with Gasteiger partial charge in [-0.05, 0) is 18.2 Å². The summed E-state index contributed by atoms with van der Waals surface area (Å²) in [6.07, 6.45) is -4.81. The molecule has 0 spiro atoms. The number of rotatable bonds is 7. The molecular formula is C19H19Cl2F3N4O3. The minimum absolute atomic E-state index is 0. The molecule has 0 unspecified atom stereocenters. The Bertz CT molecular complexity index is 984. The molecule has 7 nitrogen and oxygen atoms in total. The maximum absolute atomic E-state index is 13.3. The molecule has 168 valence electrons. The largest absolute Gasteiger partial charge is 0.483 e. The van der Waals surface area contributed by atoms with Crippen molar-refractivity contribution in [1.29, 1.82) is 5.41 Å². The lowest BCUT2D eigenvalue weighted by Gasteiger charge is -2.16. The van der Waals surface area contributed by atoms with Crippen molar-refractivity contribution in [2.75, 3.05) is 13.7 Å². The van der Waals surface area contributed by atoms with Gasteiger partial charge in [0.25, 0.3) is 11.8 Å². The summed E-state index contributed by atoms with van der Waals surface area (Å²) in [7, 11) is 1.42. The quantitative estimate of drug-likeness (QED) is 0.361. The molecular weight excluding hydrogens is 460 g/mol. The molecule has 0 bridgehead atoms. The lowest BCUT2D eigenvalue weighted by molar-refractivity contribution is -0.137. The fourth-order valence-electron chi connectivity index (χ4n) is 2.49. The first-order valence-electron chi connectivity index (χ1n) is 8.49. The lowest BCUT2D eigenvalue weighted by atomic mass is 10.1. The molecule has 0 aromatic heterocycles. The van der Waals surface area contributed by atoms with Crippen LogP contribution in [0.4, 0.5) is 13.2 Å². The highest BCUT2D eigenvalue weighted by atomic mass is 35.5. The number of nitrogens with one attached hydrogen (secondary N) is 3. The summed E-state index contributed by atoms with van der Waals surface area (Å²) in [6, 6.07) is 7.67. The molecule has 0 fully saturated rings. The number of amides is 2. The predicted octanol–water partition coefficient (Wildman–Crippen LogP) is 3.12. The van der Waals surface area contributed by atoms with E-state index in [-0.39, 0.29) is 37.1 Å². The molecule has 12 heteroatoms. The number of amidine groups is 1. The lowest BCUT2D eigenvalue weighted by Crippen LogP contribution is -2.27. The predicted molar refractivity (Wildman–Crippen MR) is 112 cm³/mol. The van der Waals surface area contributed by atoms with Crippen molar-refractivity contribution >= 4 is 41.7 Å². The van der Waals surface area contributed by atoms with Gasteiger partial charge in [-0.3, -0.25) is 15.0 Å². The van der Waals surface area contributed by atoms with Crippen molar-refractivity contribution in [3.8, 4) is 5.75 Å². The van der Waals surface area contributed by atoms with E-state index in [0.717, 1.165) is 12.1 Å². The van der Waals surface area contributed by atoms with Crippen LogP contribution in [0.15, 0.2) is 36.4 Å². The number of likely N-dealkylation sites (N-methyl/N-ethyl adjacent to an activating group) is 1. The maximum Gasteiger partial charge on any atom is 0.418 e. The first kappa shape index (κ1) is 26.1. The van der Waals surface area contributed by atoms with Gasteiger partial charge in [0.2, 0.25) is 0 Å². The van der Waals surface area contributed by atoms with Crippen molar-refractivity contribution in [3.63, 3.8) is 0 Å². The summed E-state index contributed by atoms with van der Waals surface area (Å²) >= 11 is 5.64. The van der Waals surface area contributed by atoms with Crippen molar-refractivity contribution in [2.45, 2.75) is 12.7 Å². The zero-order valence-corrected chi connectivity index (χ0v) is 17.7. The van der Waals surface area contributed by atoms with E-state index < -0.39 is 34.1 Å². The Balaban J connectivity index is 0.00000480. The number of hydrogen-bond donors (Lipinski definition) is 4. The smallest absolute Gasteiger partial charge is 0.418 e. The minimum Gasteiger partial charge on any atom is -0.483 e. The first-order chi connectivity index (χ1) is 14.0. The van der Waals surface area contributed by atoms with Crippen molar-refractivity contribution in [1.82, 2.24) is 10.6 Å². The van der Waals surface area contributed by atoms with Gasteiger partial charge < -0.3 is 21.1 Å². The van der Waals surface area contributed by atoms with E-state index in [4.69, 9.17) is 27.5 Å². The van der Waals surface area contributed by atoms with Crippen LogP contribution in [0.1, 0.15) is 27.0 Å². The SMILES string of the molecule is CNC(=O)COc1cc(C(=N)N)ccc1CNC(=O)c1cccc(Cl)c1C(F)(F)F.Cl. The third kappa shape index (κ3) is 6.76. The number of benzene rings is 2. The van der Waals surface area contributed by atoms with Crippen LogP contribution in [0.3, 0.4) is 0 Å². The van der Waals surface area contributed by atoms with Crippen molar-refractivity contribution in [3.05, 3.63) is 63.7 Å². The molecule has 2 rings (SSSR count). The number of ether oxygens (including phenoxy) is 1. The van der Waals surface area contributed by atoms with Crippen LogP contribution in [0.25, 0.3) is 0 Å². The van der Waals surface area contributed by atoms with Gasteiger partial charge >= 0.3 is 6.18 Å². The Labute approximate surface area is 187 Å². The average Bonchev–Trinajstić information content (AvgIpc) is 2.69. The van der Waals surface area contributed by atoms with Crippen LogP contribution in [0.5, 0.6) is 5.75 Å². The standard InChI is InChI=1S/C19H18ClF3N4O3.ClH/c1-26-15(28)9-30-14-7-10(17(24)25)5-6-11(14)8-27-18(29)12-3-2-4-13(20)16(12)19(21,22)23;/h2-7H,8-9H2,1H3,(H3,24,25)(H,26,28)(H,27,29);1H. The minimum atomic E-state index is -4.81. The highest BCUT2D eigenvalue weighted by Crippen LogP contribution is 2.37. The molecule has 0 saturated carbocycles. The number of carbonyl (C=O) groups is 2. The molecule has 0 aliphatic carbocycles. The monoisotopic (exact) mass is 478 g/mol. The third-order valence-electron chi connectivity index (χ3n) is 4.00. The highest BCUT2D eigenvalue weighted by Gasteiger charge is 2.37. The molecule has 2 amide bonds. The summed E-state index contributed by atoms with van der Waals surface area (Å²) in [5.41, 5.74) is 4.27. The molecule has 2 aromatic carbocycles. The zero-order chi connectivity index (χ0) is 22.5. The summed E-state index contributed by atoms with van der Waals surface area (Å²) in [5.74, 6) is -1.51. The fourth-order valence-corrected chi connectivity index (χ4v) is 2.77. The number of carbonyl (C=O) groups excluding carboxylic acids is 2. The summed E-state index contributed by atoms with van der Waals surface area (Å²) in [6.45, 7) is -0.546. The van der Waals surface area contributed by atoms with Crippen LogP contribution in [-0.4, -0.2) is 31.3 Å². The van der Waals surface area contributed by atoms with Gasteiger partial charge in [0.15, 0.2) is 6.61 Å². The summed E-state index contributed by atoms with van der Waals surface area (Å²) in [5, 5.41) is 11.7. The van der Waals surface area contributed by atoms with Crippen LogP contribution in [0.2, 0.25) is 5.02 Å². The van der Waals surface area contributed by atoms with Crippen LogP contribution in [-0.2, 0) is 17.5 Å². The molecule has 0 heterocycles. The molecule has 0 radical (unpaired) electrons. The zero-order valence-electron chi connectivity index (χ0n) is 16.1. The Morgan fingerprint density at radius 1 is 1.23 bits per heavy atom. The van der Waals surface area contributed by atoms with Gasteiger partial charge in [0.1, 0.15) is 11.6 Å². The van der Waals surface area contributed by atoms with Crippen molar-refractivity contribution < 1.29 is 27.5 Å². The van der Waals surface area contributed by atoms with Gasteiger partial charge in [-0.15, -0.1) is 12.4 Å². The van der Waals surface area contributed by atoms with E-state index in [1.165, 1.54) is 31.3 Å². The molecule has 0 aliphatic heterocycles. The Morgan fingerprint density at radius 2 is 1.90 bits per heavy atom. The third-order valence-corrected chi connectivity index (χ3v) is 4.31. The highest BCUT2D eigenvalue weighted by molar-refractivity contribution is 6.32. The van der Waals surface area contributed by atoms with Gasteiger partial charge in [-0.1, -0.05) is 29.8 Å². The van der Waals surface area contributed by atoms with E-state index >= 15 is 0 Å². The van der Waals surface area contributed by atoms with Crippen LogP contribution in [0, 0.1) is 5.41 Å². The molecule has 5 N–H and O–H groups in total. The molecule has 31 heavy (non-hydrogen) atoms. The molecule has 0 saturated heterocycles. The Kier molecular flexibility index (Phi) is 9.14. The number of nitrogen functional groups attached to an aromatic ring is 1. The van der Waals surface area contributed by atoms with Gasteiger partial charge in [-0.25, -0.2) is 0 Å². The Morgan fingerprint density at radius 3 is 2.48 bits per heavy atom. The number of halogens is 5. The first-order valence-corrected chi connectivity index (χ1v) is 8.87. The normalized spacial score (nSPS) is 10.6. The summed E-state index contributed by atoms with van der Waals surface area (Å²) in [4.78, 5) is 23.8. The maximum atomic E-state index is 13.3. The fraction of sp³-hybridized carbons (Fsp3) is 0.211. The van der Waals surface area contributed by atoms with Gasteiger partial charge in [-0.2, -0.15) is 13.2 Å². The van der Waals surface area contributed by atoms with E-state index in [9.17, 15) is 22.8 Å². The number of hydrogen-bond acceptors (Lipinski definition) is 4. The topological polar surface area (TPSA) is 117 Å². The van der Waals surface area contributed by atoms with Gasteiger partial charge in [0, 0.05) is 24.7 Å². The number of nitrogens with two attached hydrogens (primary N) is 1. The second kappa shape index (κ2) is 10.9. The van der Waals surface area contributed by atoms with E-state index in [0.29, 0.717) is 11.1 Å². The van der Waals surface area contributed by atoms with E-state index in [1.807, 2.05) is 0 Å². The van der Waals surface area contributed by atoms with Crippen LogP contribution >= 0.6 is 24.0 Å². The van der Waals surface area contributed by atoms with E-state index in [1.54, 1.807) is 0 Å². The van der Waals surface area contributed by atoms with Crippen molar-refractivity contribution in [2.24, 2.45) is 5.73 Å². The Hall–Kier alpha value is -2.98. The van der Waals surface area contributed by atoms with Gasteiger partial charge in [0.05, 0.1) is 16.1 Å². The van der Waals surface area contributed by atoms with E-state index in [2.05, 4.69) is 10.6 Å². The van der Waals surface area contributed by atoms with Crippen LogP contribution < -0.4 is 21.1 Å². The second-order valence-electron chi connectivity index (χ2n) is 6.04. The molecule has 0 atom stereocenters.